The predicted molar refractivity (Wildman–Crippen MR) is 111 cm³/mol. The average molecular weight is 393 g/mol. The van der Waals surface area contributed by atoms with Crippen LogP contribution < -0.4 is 10.0 Å². The molecule has 3 rings (SSSR count). The van der Waals surface area contributed by atoms with Crippen LogP contribution in [-0.4, -0.2) is 19.3 Å². The standard InChI is InChI=1S/C21H19N3O3S/c1-16-7-12-20(22-15-16)23-21(25)18-8-10-19(11-9-18)24-28(26,27)14-13-17-5-3-2-4-6-17/h2-15,24H,1H3,(H,22,23,25)/b14-13+. The number of anilines is 2. The molecule has 0 atom stereocenters. The van der Waals surface area contributed by atoms with Gasteiger partial charge in [-0.2, -0.15) is 0 Å². The number of nitrogens with one attached hydrogen (secondary N) is 2. The van der Waals surface area contributed by atoms with Gasteiger partial charge in [-0.25, -0.2) is 13.4 Å². The summed E-state index contributed by atoms with van der Waals surface area (Å²) in [6.07, 6.45) is 3.18. The summed E-state index contributed by atoms with van der Waals surface area (Å²) in [5, 5.41) is 3.79. The molecular weight excluding hydrogens is 374 g/mol. The number of nitrogens with zero attached hydrogens (tertiary/aromatic N) is 1. The van der Waals surface area contributed by atoms with E-state index in [-0.39, 0.29) is 5.91 Å². The fourth-order valence-electron chi connectivity index (χ4n) is 2.35. The van der Waals surface area contributed by atoms with E-state index in [4.69, 9.17) is 0 Å². The maximum atomic E-state index is 12.3. The van der Waals surface area contributed by atoms with Crippen molar-refractivity contribution in [3.05, 3.63) is 95.0 Å². The van der Waals surface area contributed by atoms with Gasteiger partial charge >= 0.3 is 0 Å². The van der Waals surface area contributed by atoms with Gasteiger partial charge in [0.05, 0.1) is 5.41 Å². The van der Waals surface area contributed by atoms with Crippen LogP contribution >= 0.6 is 0 Å². The highest BCUT2D eigenvalue weighted by molar-refractivity contribution is 7.95. The van der Waals surface area contributed by atoms with Crippen LogP contribution in [0.5, 0.6) is 0 Å². The molecule has 0 saturated heterocycles. The first kappa shape index (κ1) is 19.3. The van der Waals surface area contributed by atoms with E-state index in [1.165, 1.54) is 18.2 Å². The van der Waals surface area contributed by atoms with Gasteiger partial charge < -0.3 is 5.32 Å². The van der Waals surface area contributed by atoms with Crippen molar-refractivity contribution < 1.29 is 13.2 Å². The van der Waals surface area contributed by atoms with Crippen LogP contribution in [0.15, 0.2) is 78.3 Å². The molecule has 0 aliphatic heterocycles. The van der Waals surface area contributed by atoms with E-state index < -0.39 is 10.0 Å². The van der Waals surface area contributed by atoms with Gasteiger partial charge in [0, 0.05) is 17.4 Å². The molecule has 1 amide bonds. The number of aryl methyl sites for hydroxylation is 1. The smallest absolute Gasteiger partial charge is 0.256 e. The van der Waals surface area contributed by atoms with E-state index in [2.05, 4.69) is 15.0 Å². The van der Waals surface area contributed by atoms with E-state index in [0.29, 0.717) is 17.1 Å². The quantitative estimate of drug-likeness (QED) is 0.661. The van der Waals surface area contributed by atoms with Crippen molar-refractivity contribution in [1.82, 2.24) is 4.98 Å². The Hall–Kier alpha value is -3.45. The highest BCUT2D eigenvalue weighted by Gasteiger charge is 2.09. The number of carbonyl (C=O) groups excluding carboxylic acids is 1. The molecule has 7 heteroatoms. The first-order valence-electron chi connectivity index (χ1n) is 8.51. The third-order valence-corrected chi connectivity index (χ3v) is 4.81. The molecule has 0 unspecified atom stereocenters. The Kier molecular flexibility index (Phi) is 5.86. The highest BCUT2D eigenvalue weighted by Crippen LogP contribution is 2.14. The predicted octanol–water partition coefficient (Wildman–Crippen LogP) is 4.05. The van der Waals surface area contributed by atoms with Crippen molar-refractivity contribution in [2.75, 3.05) is 10.0 Å². The number of amides is 1. The van der Waals surface area contributed by atoms with Gasteiger partial charge in [-0.05, 0) is 54.5 Å². The third kappa shape index (κ3) is 5.52. The molecule has 3 aromatic rings. The number of pyridine rings is 1. The highest BCUT2D eigenvalue weighted by atomic mass is 32.2. The summed E-state index contributed by atoms with van der Waals surface area (Å²) in [5.74, 6) is 0.126. The van der Waals surface area contributed by atoms with Crippen LogP contribution in [0.4, 0.5) is 11.5 Å². The van der Waals surface area contributed by atoms with Gasteiger partial charge in [0.25, 0.3) is 15.9 Å². The molecule has 0 aliphatic rings. The molecule has 0 bridgehead atoms. The number of sulfonamides is 1. The Balaban J connectivity index is 1.64. The Morgan fingerprint density at radius 3 is 2.32 bits per heavy atom. The number of hydrogen-bond donors (Lipinski definition) is 2. The zero-order chi connectivity index (χ0) is 20.0. The van der Waals surface area contributed by atoms with Crippen LogP contribution in [0.2, 0.25) is 0 Å². The summed E-state index contributed by atoms with van der Waals surface area (Å²) in [7, 11) is -3.66. The molecule has 2 aromatic carbocycles. The fraction of sp³-hybridized carbons (Fsp3) is 0.0476. The van der Waals surface area contributed by atoms with Crippen LogP contribution in [0.25, 0.3) is 6.08 Å². The molecule has 1 aromatic heterocycles. The van der Waals surface area contributed by atoms with Crippen molar-refractivity contribution in [3.8, 4) is 0 Å². The van der Waals surface area contributed by atoms with Gasteiger partial charge in [0.15, 0.2) is 0 Å². The molecule has 0 fully saturated rings. The molecule has 142 valence electrons. The molecule has 6 nitrogen and oxygen atoms in total. The van der Waals surface area contributed by atoms with Crippen molar-refractivity contribution in [2.45, 2.75) is 6.92 Å². The number of hydrogen-bond acceptors (Lipinski definition) is 4. The van der Waals surface area contributed by atoms with Gasteiger partial charge in [-0.1, -0.05) is 36.4 Å². The van der Waals surface area contributed by atoms with Crippen LogP contribution in [0, 0.1) is 6.92 Å². The van der Waals surface area contributed by atoms with Crippen molar-refractivity contribution in [2.24, 2.45) is 0 Å². The number of aromatic nitrogens is 1. The second kappa shape index (κ2) is 8.49. The minimum atomic E-state index is -3.66. The van der Waals surface area contributed by atoms with Gasteiger partial charge in [0.1, 0.15) is 5.82 Å². The molecule has 1 heterocycles. The van der Waals surface area contributed by atoms with E-state index >= 15 is 0 Å². The lowest BCUT2D eigenvalue weighted by Crippen LogP contribution is -2.13. The van der Waals surface area contributed by atoms with Gasteiger partial charge in [-0.3, -0.25) is 9.52 Å². The maximum Gasteiger partial charge on any atom is 0.256 e. The lowest BCUT2D eigenvalue weighted by atomic mass is 10.2. The maximum absolute atomic E-state index is 12.3. The first-order valence-corrected chi connectivity index (χ1v) is 10.1. The monoisotopic (exact) mass is 393 g/mol. The topological polar surface area (TPSA) is 88.2 Å². The summed E-state index contributed by atoms with van der Waals surface area (Å²) in [6.45, 7) is 1.91. The molecular formula is C21H19N3O3S. The Morgan fingerprint density at radius 2 is 1.68 bits per heavy atom. The summed E-state index contributed by atoms with van der Waals surface area (Å²) < 4.78 is 26.8. The minimum absolute atomic E-state index is 0.324. The van der Waals surface area contributed by atoms with E-state index in [9.17, 15) is 13.2 Å². The minimum Gasteiger partial charge on any atom is -0.307 e. The number of rotatable bonds is 6. The SMILES string of the molecule is Cc1ccc(NC(=O)c2ccc(NS(=O)(=O)/C=C/c3ccccc3)cc2)nc1. The molecule has 0 saturated carbocycles. The number of carbonyl (C=O) groups is 1. The molecule has 0 aliphatic carbocycles. The lowest BCUT2D eigenvalue weighted by molar-refractivity contribution is 0.102. The van der Waals surface area contributed by atoms with E-state index in [0.717, 1.165) is 16.5 Å². The Labute approximate surface area is 164 Å². The van der Waals surface area contributed by atoms with E-state index in [1.54, 1.807) is 24.4 Å². The second-order valence-corrected chi connectivity index (χ2v) is 7.68. The zero-order valence-corrected chi connectivity index (χ0v) is 16.0. The van der Waals surface area contributed by atoms with Gasteiger partial charge in [0.2, 0.25) is 0 Å². The summed E-state index contributed by atoms with van der Waals surface area (Å²) in [4.78, 5) is 16.4. The average Bonchev–Trinajstić information content (AvgIpc) is 2.69. The number of benzene rings is 2. The summed E-state index contributed by atoms with van der Waals surface area (Å²) in [5.41, 5.74) is 2.54. The first-order chi connectivity index (χ1) is 13.4. The van der Waals surface area contributed by atoms with Crippen molar-refractivity contribution in [3.63, 3.8) is 0 Å². The van der Waals surface area contributed by atoms with Crippen molar-refractivity contribution in [1.29, 1.82) is 0 Å². The largest absolute Gasteiger partial charge is 0.307 e. The third-order valence-electron chi connectivity index (χ3n) is 3.80. The lowest BCUT2D eigenvalue weighted by Gasteiger charge is -2.07. The van der Waals surface area contributed by atoms with Crippen molar-refractivity contribution >= 4 is 33.5 Å². The van der Waals surface area contributed by atoms with Gasteiger partial charge in [-0.15, -0.1) is 0 Å². The van der Waals surface area contributed by atoms with E-state index in [1.807, 2.05) is 43.3 Å². The Morgan fingerprint density at radius 1 is 0.964 bits per heavy atom. The summed E-state index contributed by atoms with van der Waals surface area (Å²) >= 11 is 0. The second-order valence-electron chi connectivity index (χ2n) is 6.11. The molecule has 2 N–H and O–H groups in total. The molecule has 28 heavy (non-hydrogen) atoms. The Bertz CT molecular complexity index is 1080. The molecule has 0 radical (unpaired) electrons. The zero-order valence-electron chi connectivity index (χ0n) is 15.2. The summed E-state index contributed by atoms with van der Waals surface area (Å²) in [6, 6.07) is 18.9. The molecule has 0 spiro atoms. The van der Waals surface area contributed by atoms with Crippen LogP contribution in [-0.2, 0) is 10.0 Å². The fourth-order valence-corrected chi connectivity index (χ4v) is 3.22. The van der Waals surface area contributed by atoms with Crippen LogP contribution in [0.1, 0.15) is 21.5 Å². The van der Waals surface area contributed by atoms with Crippen LogP contribution in [0.3, 0.4) is 0 Å². The normalized spacial score (nSPS) is 11.3.